The minimum atomic E-state index is -2.22. The van der Waals surface area contributed by atoms with Gasteiger partial charge in [-0.1, -0.05) is 96.8 Å². The number of cyclic esters (lactones) is 1. The van der Waals surface area contributed by atoms with Crippen LogP contribution in [0.2, 0.25) is 0 Å². The Labute approximate surface area is 453 Å². The Hall–Kier alpha value is -9.29. The Balaban J connectivity index is 1.11. The van der Waals surface area contributed by atoms with Gasteiger partial charge in [0.05, 0.1) is 41.8 Å². The Morgan fingerprint density at radius 1 is 0.810 bits per heavy atom. The van der Waals surface area contributed by atoms with Crippen molar-refractivity contribution in [2.24, 2.45) is 11.7 Å². The number of urea groups is 1. The van der Waals surface area contributed by atoms with E-state index in [0.29, 0.717) is 59.0 Å². The van der Waals surface area contributed by atoms with Gasteiger partial charge >= 0.3 is 18.1 Å². The van der Waals surface area contributed by atoms with E-state index in [1.165, 1.54) is 30.3 Å². The number of para-hydroxylation sites is 1. The third kappa shape index (κ3) is 9.68. The minimum absolute atomic E-state index is 0.0358. The Kier molecular flexibility index (Phi) is 14.4. The van der Waals surface area contributed by atoms with Crippen molar-refractivity contribution >= 4 is 41.3 Å². The summed E-state index contributed by atoms with van der Waals surface area (Å²) in [6.07, 6.45) is -2.15. The zero-order valence-electron chi connectivity index (χ0n) is 42.5. The maximum absolute atomic E-state index is 16.9. The fourth-order valence-corrected chi connectivity index (χ4v) is 11.7. The fraction of sp³-hybridized carbons (Fsp3) is 0.271. The lowest BCUT2D eigenvalue weighted by Crippen LogP contribution is -2.59. The van der Waals surface area contributed by atoms with E-state index in [0.717, 1.165) is 10.5 Å². The van der Waals surface area contributed by atoms with Crippen molar-refractivity contribution < 1.29 is 57.7 Å². The molecule has 0 bridgehead atoms. The molecule has 4 N–H and O–H groups in total. The van der Waals surface area contributed by atoms with Crippen molar-refractivity contribution in [3.63, 3.8) is 0 Å². The molecule has 11 rings (SSSR count). The summed E-state index contributed by atoms with van der Waals surface area (Å²) in [5, 5.41) is 24.2. The number of hydrogen-bond donors (Lipinski definition) is 3. The van der Waals surface area contributed by atoms with Gasteiger partial charge in [0.2, 0.25) is 18.6 Å². The first kappa shape index (κ1) is 51.8. The molecule has 6 atom stereocenters. The van der Waals surface area contributed by atoms with Gasteiger partial charge in [0.25, 0.3) is 5.69 Å². The lowest BCUT2D eigenvalue weighted by atomic mass is 9.64. The summed E-state index contributed by atoms with van der Waals surface area (Å²) in [6, 6.07) is 36.8. The zero-order valence-corrected chi connectivity index (χ0v) is 42.5. The number of benzene rings is 6. The molecule has 5 amide bonds. The highest BCUT2D eigenvalue weighted by molar-refractivity contribution is 6.23. The standard InChI is InChI=1S/C59H53N7O13/c60-57(71)61-25-9-10-37-19-23-45-44(32-37)59(56(70)64(45)58(72)76-35-38-17-21-42(22-18-38)66(73)74)49(54(68)63-28-26-62(27-29-63)34-39-20-24-47-48(33-39)78-36-77-47)51-55(69)79-52(41-13-5-2-6-14-41)50(40-11-3-1-4-12-40)65(51)53(59)43-15-7-8-16-46(43)75-31-30-67/h1-8,11-24,32-33,49-53,67H,25-31,34-36H2,(H3,60,61,71)/t49-,50-,51-,52+,53+,59-/m0/s1. The number of esters is 1. The van der Waals surface area contributed by atoms with Crippen LogP contribution >= 0.6 is 0 Å². The van der Waals surface area contributed by atoms with Gasteiger partial charge in [-0.2, -0.15) is 0 Å². The number of carbonyl (C=O) groups is 5. The van der Waals surface area contributed by atoms with E-state index in [4.69, 9.17) is 29.4 Å². The van der Waals surface area contributed by atoms with Crippen molar-refractivity contribution in [3.05, 3.63) is 195 Å². The second-order valence-electron chi connectivity index (χ2n) is 19.5. The minimum Gasteiger partial charge on any atom is -0.491 e. The number of non-ortho nitro benzene ring substituents is 1. The molecule has 6 aromatic rings. The third-order valence-electron chi connectivity index (χ3n) is 15.1. The first-order valence-electron chi connectivity index (χ1n) is 25.7. The van der Waals surface area contributed by atoms with Gasteiger partial charge < -0.3 is 44.7 Å². The van der Waals surface area contributed by atoms with Crippen molar-refractivity contribution in [1.29, 1.82) is 0 Å². The number of aliphatic hydroxyl groups is 1. The van der Waals surface area contributed by atoms with Gasteiger partial charge in [0.15, 0.2) is 11.5 Å². The largest absolute Gasteiger partial charge is 0.491 e. The highest BCUT2D eigenvalue weighted by atomic mass is 16.7. The fourth-order valence-electron chi connectivity index (χ4n) is 11.7. The summed E-state index contributed by atoms with van der Waals surface area (Å²) >= 11 is 0. The Morgan fingerprint density at radius 2 is 1.51 bits per heavy atom. The van der Waals surface area contributed by atoms with Gasteiger partial charge in [-0.25, -0.2) is 14.5 Å². The molecule has 1 spiro atoms. The SMILES string of the molecule is NC(=O)NCC#Cc1ccc2c(c1)[C@]1(C(=O)N2C(=O)OCc2ccc([N+](=O)[O-])cc2)[C@H](C(=O)N2CCN(Cc3ccc4c(c3)OCO4)CC2)[C@H]2C(=O)O[C@H](c3ccccc3)[C@H](c3ccccc3)N2[C@@H]1c1ccccc1OCCO. The molecule has 0 aliphatic carbocycles. The van der Waals surface area contributed by atoms with Crippen LogP contribution in [0, 0.1) is 27.9 Å². The average Bonchev–Trinajstić information content (AvgIpc) is 4.35. The number of nitro groups is 1. The summed E-state index contributed by atoms with van der Waals surface area (Å²) in [6.45, 7) is 0.766. The summed E-state index contributed by atoms with van der Waals surface area (Å²) in [4.78, 5) is 93.5. The number of nitro benzene ring substituents is 1. The second-order valence-corrected chi connectivity index (χ2v) is 19.5. The first-order chi connectivity index (χ1) is 38.5. The van der Waals surface area contributed by atoms with Crippen LogP contribution in [-0.4, -0.2) is 113 Å². The summed E-state index contributed by atoms with van der Waals surface area (Å²) in [7, 11) is 0. The van der Waals surface area contributed by atoms with Crippen molar-refractivity contribution in [3.8, 4) is 29.1 Å². The highest BCUT2D eigenvalue weighted by Gasteiger charge is 2.76. The molecule has 20 heteroatoms. The summed E-state index contributed by atoms with van der Waals surface area (Å²) in [5.41, 5.74) is 6.51. The molecule has 5 heterocycles. The van der Waals surface area contributed by atoms with Gasteiger partial charge in [-0.3, -0.25) is 34.3 Å². The third-order valence-corrected chi connectivity index (χ3v) is 15.1. The molecule has 0 unspecified atom stereocenters. The first-order valence-corrected chi connectivity index (χ1v) is 25.7. The van der Waals surface area contributed by atoms with E-state index >= 15 is 19.2 Å². The lowest BCUT2D eigenvalue weighted by molar-refractivity contribution is -0.384. The average molecular weight is 1070 g/mol. The molecule has 6 aromatic carbocycles. The molecule has 402 valence electrons. The van der Waals surface area contributed by atoms with E-state index in [-0.39, 0.29) is 62.3 Å². The van der Waals surface area contributed by atoms with Crippen LogP contribution in [0.25, 0.3) is 0 Å². The van der Waals surface area contributed by atoms with Crippen LogP contribution in [-0.2, 0) is 42.4 Å². The molecular formula is C59H53N7O13. The predicted molar refractivity (Wildman–Crippen MR) is 283 cm³/mol. The Bertz CT molecular complexity index is 3400. The number of nitrogens with two attached hydrogens (primary N) is 1. The number of amides is 5. The molecule has 5 aliphatic rings. The van der Waals surface area contributed by atoms with Gasteiger partial charge in [0.1, 0.15) is 36.5 Å². The molecule has 20 nitrogen and oxygen atoms in total. The van der Waals surface area contributed by atoms with E-state index in [2.05, 4.69) is 22.1 Å². The van der Waals surface area contributed by atoms with Crippen LogP contribution in [0.5, 0.6) is 17.2 Å². The van der Waals surface area contributed by atoms with Crippen LogP contribution < -0.4 is 30.2 Å². The molecular weight excluding hydrogens is 1010 g/mol. The molecule has 5 aliphatic heterocycles. The quantitative estimate of drug-likeness (QED) is 0.0515. The molecule has 0 aromatic heterocycles. The normalized spacial score (nSPS) is 22.1. The number of morpholine rings is 1. The van der Waals surface area contributed by atoms with E-state index in [1.807, 2.05) is 83.8 Å². The number of primary amides is 1. The molecule has 3 fully saturated rings. The number of rotatable bonds is 13. The van der Waals surface area contributed by atoms with Crippen molar-refractivity contribution in [1.82, 2.24) is 20.0 Å². The molecule has 0 saturated carbocycles. The van der Waals surface area contributed by atoms with Gasteiger partial charge in [0, 0.05) is 56.0 Å². The van der Waals surface area contributed by atoms with Crippen LogP contribution in [0.3, 0.4) is 0 Å². The number of fused-ring (bicyclic) bond motifs is 4. The lowest BCUT2D eigenvalue weighted by Gasteiger charge is -2.46. The predicted octanol–water partition coefficient (Wildman–Crippen LogP) is 6.06. The number of carbonyl (C=O) groups excluding carboxylic acids is 5. The molecule has 79 heavy (non-hydrogen) atoms. The number of nitrogens with zero attached hydrogens (tertiary/aromatic N) is 5. The van der Waals surface area contributed by atoms with Crippen molar-refractivity contribution in [2.45, 2.75) is 42.8 Å². The number of aliphatic hydroxyl groups excluding tert-OH is 1. The molecule has 3 saturated heterocycles. The topological polar surface area (TPSA) is 246 Å². The number of imide groups is 1. The number of anilines is 1. The monoisotopic (exact) mass is 1070 g/mol. The summed E-state index contributed by atoms with van der Waals surface area (Å²) < 4.78 is 30.1. The van der Waals surface area contributed by atoms with Crippen LogP contribution in [0.1, 0.15) is 57.1 Å². The van der Waals surface area contributed by atoms with E-state index < -0.39 is 77.0 Å². The molecule has 0 radical (unpaired) electrons. The number of hydrogen-bond acceptors (Lipinski definition) is 15. The number of piperazine rings is 1. The van der Waals surface area contributed by atoms with Gasteiger partial charge in [-0.05, 0) is 76.3 Å². The van der Waals surface area contributed by atoms with Crippen LogP contribution in [0.4, 0.5) is 21.0 Å². The number of nitrogens with one attached hydrogen (secondary N) is 1. The van der Waals surface area contributed by atoms with Crippen molar-refractivity contribution in [2.75, 3.05) is 57.6 Å². The maximum Gasteiger partial charge on any atom is 0.421 e. The second kappa shape index (κ2) is 22.0. The summed E-state index contributed by atoms with van der Waals surface area (Å²) in [5.74, 6) is 3.58. The Morgan fingerprint density at radius 3 is 2.23 bits per heavy atom. The smallest absolute Gasteiger partial charge is 0.421 e. The van der Waals surface area contributed by atoms with E-state index in [9.17, 15) is 20.0 Å². The van der Waals surface area contributed by atoms with Crippen LogP contribution in [0.15, 0.2) is 146 Å². The van der Waals surface area contributed by atoms with E-state index in [1.54, 1.807) is 41.3 Å². The van der Waals surface area contributed by atoms with Gasteiger partial charge in [-0.15, -0.1) is 0 Å². The zero-order chi connectivity index (χ0) is 54.8. The highest BCUT2D eigenvalue weighted by Crippen LogP contribution is 2.67. The maximum atomic E-state index is 16.9. The number of ether oxygens (including phenoxy) is 5.